The summed E-state index contributed by atoms with van der Waals surface area (Å²) in [5.74, 6) is 1.27. The van der Waals surface area contributed by atoms with E-state index in [0.717, 1.165) is 12.8 Å². The summed E-state index contributed by atoms with van der Waals surface area (Å²) in [6.07, 6.45) is 1.61. The quantitative estimate of drug-likeness (QED) is 0.746. The molecule has 0 saturated carbocycles. The van der Waals surface area contributed by atoms with E-state index >= 15 is 0 Å². The summed E-state index contributed by atoms with van der Waals surface area (Å²) in [6.45, 7) is 3.57. The highest BCUT2D eigenvalue weighted by atomic mass is 35.5. The van der Waals surface area contributed by atoms with Crippen molar-refractivity contribution in [1.82, 2.24) is 19.3 Å². The average molecular weight is 425 g/mol. The van der Waals surface area contributed by atoms with Crippen molar-refractivity contribution >= 4 is 27.5 Å². The number of sulfonamides is 1. The van der Waals surface area contributed by atoms with Gasteiger partial charge in [-0.1, -0.05) is 22.8 Å². The van der Waals surface area contributed by atoms with Crippen molar-refractivity contribution in [3.05, 3.63) is 41.0 Å². The van der Waals surface area contributed by atoms with Crippen LogP contribution >= 0.6 is 11.6 Å². The fourth-order valence-corrected chi connectivity index (χ4v) is 5.43. The molecule has 10 heteroatoms. The van der Waals surface area contributed by atoms with Crippen LogP contribution in [0, 0.1) is 0 Å². The molecule has 8 nitrogen and oxygen atoms in total. The lowest BCUT2D eigenvalue weighted by atomic mass is 9.96. The summed E-state index contributed by atoms with van der Waals surface area (Å²) in [5.41, 5.74) is 0. The summed E-state index contributed by atoms with van der Waals surface area (Å²) in [4.78, 5) is 17.9. The molecule has 1 aromatic carbocycles. The summed E-state index contributed by atoms with van der Waals surface area (Å²) in [5, 5.41) is 4.48. The summed E-state index contributed by atoms with van der Waals surface area (Å²) >= 11 is 5.91. The largest absolute Gasteiger partial charge is 0.343 e. The molecule has 4 rings (SSSR count). The lowest BCUT2D eigenvalue weighted by Crippen LogP contribution is -2.48. The van der Waals surface area contributed by atoms with E-state index in [9.17, 15) is 13.2 Å². The molecule has 0 N–H and O–H groups in total. The van der Waals surface area contributed by atoms with E-state index < -0.39 is 10.0 Å². The monoisotopic (exact) mass is 424 g/mol. The van der Waals surface area contributed by atoms with Gasteiger partial charge in [-0.2, -0.15) is 9.29 Å². The average Bonchev–Trinajstić information content (AvgIpc) is 3.10. The molecule has 1 amide bonds. The number of likely N-dealkylation sites (tertiary alicyclic amines) is 1. The second kappa shape index (κ2) is 7.46. The van der Waals surface area contributed by atoms with Crippen LogP contribution in [-0.2, 0) is 14.8 Å². The maximum atomic E-state index is 12.7. The third-order valence-electron chi connectivity index (χ3n) is 5.39. The van der Waals surface area contributed by atoms with Crippen molar-refractivity contribution in [3.63, 3.8) is 0 Å². The van der Waals surface area contributed by atoms with Gasteiger partial charge in [0.05, 0.1) is 10.8 Å². The molecule has 2 saturated heterocycles. The Morgan fingerprint density at radius 3 is 2.57 bits per heavy atom. The lowest BCUT2D eigenvalue weighted by molar-refractivity contribution is -0.129. The van der Waals surface area contributed by atoms with Gasteiger partial charge in [0, 0.05) is 44.0 Å². The van der Waals surface area contributed by atoms with Gasteiger partial charge in [0.25, 0.3) is 0 Å². The van der Waals surface area contributed by atoms with E-state index in [0.29, 0.717) is 42.9 Å². The first kappa shape index (κ1) is 19.4. The van der Waals surface area contributed by atoms with Crippen molar-refractivity contribution in [2.45, 2.75) is 36.5 Å². The zero-order valence-corrected chi connectivity index (χ0v) is 17.0. The van der Waals surface area contributed by atoms with Crippen LogP contribution in [0.15, 0.2) is 33.7 Å². The Morgan fingerprint density at radius 2 is 1.93 bits per heavy atom. The number of amides is 1. The van der Waals surface area contributed by atoms with Crippen LogP contribution in [-0.4, -0.2) is 59.8 Å². The summed E-state index contributed by atoms with van der Waals surface area (Å²) in [7, 11) is -3.57. The Kier molecular flexibility index (Phi) is 5.15. The van der Waals surface area contributed by atoms with Crippen LogP contribution in [0.3, 0.4) is 0 Å². The second-order valence-corrected chi connectivity index (χ2v) is 9.62. The first-order valence-electron chi connectivity index (χ1n) is 9.19. The van der Waals surface area contributed by atoms with E-state index in [-0.39, 0.29) is 22.6 Å². The van der Waals surface area contributed by atoms with Gasteiger partial charge in [-0.25, -0.2) is 8.42 Å². The van der Waals surface area contributed by atoms with Crippen molar-refractivity contribution < 1.29 is 17.7 Å². The number of halogens is 1. The van der Waals surface area contributed by atoms with E-state index in [1.165, 1.54) is 16.4 Å². The van der Waals surface area contributed by atoms with Crippen LogP contribution in [0.1, 0.15) is 43.3 Å². The standard InChI is InChI=1S/C18H21ClN4O4S/c1-12(24)22-7-5-13(6-8-22)17-20-18(27-21-17)14-10-23(11-14)28(25,26)16-4-2-3-15(19)9-16/h2-4,9,13-14H,5-8,10-11H2,1H3. The molecule has 0 atom stereocenters. The van der Waals surface area contributed by atoms with E-state index in [4.69, 9.17) is 16.1 Å². The minimum Gasteiger partial charge on any atom is -0.343 e. The number of rotatable bonds is 4. The molecule has 0 aliphatic carbocycles. The molecule has 0 spiro atoms. The fourth-order valence-electron chi connectivity index (χ4n) is 3.60. The molecule has 1 aromatic heterocycles. The number of hydrogen-bond acceptors (Lipinski definition) is 6. The molecule has 0 bridgehead atoms. The fraction of sp³-hybridized carbons (Fsp3) is 0.500. The van der Waals surface area contributed by atoms with Crippen LogP contribution < -0.4 is 0 Å². The highest BCUT2D eigenvalue weighted by Gasteiger charge is 2.40. The molecule has 2 aliphatic rings. The van der Waals surface area contributed by atoms with Gasteiger partial charge in [-0.15, -0.1) is 0 Å². The molecule has 2 aromatic rings. The lowest BCUT2D eigenvalue weighted by Gasteiger charge is -2.35. The highest BCUT2D eigenvalue weighted by Crippen LogP contribution is 2.33. The smallest absolute Gasteiger partial charge is 0.243 e. The van der Waals surface area contributed by atoms with Crippen LogP contribution in [0.5, 0.6) is 0 Å². The van der Waals surface area contributed by atoms with Crippen molar-refractivity contribution in [2.24, 2.45) is 0 Å². The predicted molar refractivity (Wildman–Crippen MR) is 101 cm³/mol. The van der Waals surface area contributed by atoms with Crippen molar-refractivity contribution in [1.29, 1.82) is 0 Å². The van der Waals surface area contributed by atoms with Gasteiger partial charge >= 0.3 is 0 Å². The number of carbonyl (C=O) groups is 1. The minimum atomic E-state index is -3.57. The molecule has 2 aliphatic heterocycles. The van der Waals surface area contributed by atoms with Gasteiger partial charge in [0.15, 0.2) is 5.82 Å². The highest BCUT2D eigenvalue weighted by molar-refractivity contribution is 7.89. The molecule has 3 heterocycles. The number of piperidine rings is 1. The molecule has 0 radical (unpaired) electrons. The van der Waals surface area contributed by atoms with Gasteiger partial charge in [-0.3, -0.25) is 4.79 Å². The zero-order valence-electron chi connectivity index (χ0n) is 15.4. The first-order chi connectivity index (χ1) is 13.3. The second-order valence-electron chi connectivity index (χ2n) is 7.25. The number of hydrogen-bond donors (Lipinski definition) is 0. The first-order valence-corrected chi connectivity index (χ1v) is 11.0. The van der Waals surface area contributed by atoms with Crippen LogP contribution in [0.2, 0.25) is 5.02 Å². The van der Waals surface area contributed by atoms with Gasteiger partial charge in [-0.05, 0) is 31.0 Å². The third kappa shape index (κ3) is 3.66. The van der Waals surface area contributed by atoms with Crippen molar-refractivity contribution in [3.8, 4) is 0 Å². The number of aromatic nitrogens is 2. The molecular weight excluding hydrogens is 404 g/mol. The Hall–Kier alpha value is -1.97. The molecule has 0 unspecified atom stereocenters. The maximum absolute atomic E-state index is 12.7. The third-order valence-corrected chi connectivity index (χ3v) is 7.46. The minimum absolute atomic E-state index is 0.0859. The Labute approximate surface area is 168 Å². The Morgan fingerprint density at radius 1 is 1.21 bits per heavy atom. The van der Waals surface area contributed by atoms with Crippen LogP contribution in [0.4, 0.5) is 0 Å². The number of carbonyl (C=O) groups excluding carboxylic acids is 1. The van der Waals surface area contributed by atoms with Crippen molar-refractivity contribution in [2.75, 3.05) is 26.2 Å². The number of nitrogens with zero attached hydrogens (tertiary/aromatic N) is 4. The maximum Gasteiger partial charge on any atom is 0.243 e. The summed E-state index contributed by atoms with van der Waals surface area (Å²) in [6, 6.07) is 6.24. The molecular formula is C18H21ClN4O4S. The summed E-state index contributed by atoms with van der Waals surface area (Å²) < 4.78 is 32.1. The normalized spacial score (nSPS) is 19.6. The topological polar surface area (TPSA) is 96.6 Å². The molecule has 28 heavy (non-hydrogen) atoms. The Bertz CT molecular complexity index is 979. The SMILES string of the molecule is CC(=O)N1CCC(c2noc(C3CN(S(=O)(=O)c4cccc(Cl)c4)C3)n2)CC1. The van der Waals surface area contributed by atoms with E-state index in [1.54, 1.807) is 19.1 Å². The van der Waals surface area contributed by atoms with Gasteiger partial charge in [0.1, 0.15) is 0 Å². The van der Waals surface area contributed by atoms with E-state index in [2.05, 4.69) is 10.1 Å². The Balaban J connectivity index is 1.37. The number of benzene rings is 1. The predicted octanol–water partition coefficient (Wildman–Crippen LogP) is 2.24. The zero-order chi connectivity index (χ0) is 19.9. The van der Waals surface area contributed by atoms with Gasteiger partial charge in [0.2, 0.25) is 21.8 Å². The molecule has 2 fully saturated rings. The van der Waals surface area contributed by atoms with Crippen LogP contribution in [0.25, 0.3) is 0 Å². The van der Waals surface area contributed by atoms with Gasteiger partial charge < -0.3 is 9.42 Å². The van der Waals surface area contributed by atoms with E-state index in [1.807, 2.05) is 4.90 Å². The molecule has 150 valence electrons.